The van der Waals surface area contributed by atoms with Crippen molar-refractivity contribution in [2.45, 2.75) is 38.3 Å². The normalized spacial score (nSPS) is 26.2. The zero-order valence-electron chi connectivity index (χ0n) is 12.6. The van der Waals surface area contributed by atoms with E-state index >= 15 is 0 Å². The zero-order valence-corrected chi connectivity index (χ0v) is 12.6. The fourth-order valence-electron chi connectivity index (χ4n) is 3.65. The highest BCUT2D eigenvalue weighted by Gasteiger charge is 2.37. The smallest absolute Gasteiger partial charge is 0.0450 e. The third-order valence-electron chi connectivity index (χ3n) is 5.08. The Kier molecular flexibility index (Phi) is 3.30. The number of nitrogens with zero attached hydrogens (tertiary/aromatic N) is 2. The summed E-state index contributed by atoms with van der Waals surface area (Å²) in [5.41, 5.74) is 1.38. The molecule has 1 aromatic carbocycles. The molecule has 21 heavy (non-hydrogen) atoms. The lowest BCUT2D eigenvalue weighted by Gasteiger charge is -2.42. The van der Waals surface area contributed by atoms with E-state index < -0.39 is 0 Å². The number of anilines is 1. The fraction of sp³-hybridized carbons (Fsp3) is 0.500. The van der Waals surface area contributed by atoms with Crippen LogP contribution in [-0.4, -0.2) is 30.2 Å². The minimum atomic E-state index is 0.596. The van der Waals surface area contributed by atoms with Crippen molar-refractivity contribution in [2.24, 2.45) is 5.92 Å². The molecule has 3 nitrogen and oxygen atoms in total. The van der Waals surface area contributed by atoms with E-state index in [0.29, 0.717) is 12.1 Å². The summed E-state index contributed by atoms with van der Waals surface area (Å²) in [6, 6.07) is 10.0. The number of hydrogen-bond acceptors (Lipinski definition) is 3. The predicted molar refractivity (Wildman–Crippen MR) is 87.7 cm³/mol. The molecule has 2 heterocycles. The molecule has 2 aliphatic rings. The molecule has 2 fully saturated rings. The van der Waals surface area contributed by atoms with Crippen molar-refractivity contribution in [1.29, 1.82) is 0 Å². The predicted octanol–water partition coefficient (Wildman–Crippen LogP) is 3.20. The number of fused-ring (bicyclic) bond motifs is 1. The molecule has 0 amide bonds. The minimum Gasteiger partial charge on any atom is -0.365 e. The molecule has 1 aliphatic carbocycles. The van der Waals surface area contributed by atoms with Gasteiger partial charge in [-0.05, 0) is 37.3 Å². The molecule has 0 radical (unpaired) electrons. The quantitative estimate of drug-likeness (QED) is 0.936. The summed E-state index contributed by atoms with van der Waals surface area (Å²) in [5, 5.41) is 6.35. The van der Waals surface area contributed by atoms with Crippen molar-refractivity contribution in [3.8, 4) is 0 Å². The first-order valence-electron chi connectivity index (χ1n) is 8.19. The van der Waals surface area contributed by atoms with Gasteiger partial charge in [0.2, 0.25) is 0 Å². The number of piperazine rings is 1. The largest absolute Gasteiger partial charge is 0.365 e. The first-order chi connectivity index (χ1) is 10.4. The Morgan fingerprint density at radius 3 is 3.00 bits per heavy atom. The maximum absolute atomic E-state index is 4.26. The molecule has 1 aliphatic heterocycles. The van der Waals surface area contributed by atoms with Crippen molar-refractivity contribution in [2.75, 3.05) is 18.0 Å². The topological polar surface area (TPSA) is 28.2 Å². The molecule has 1 saturated heterocycles. The van der Waals surface area contributed by atoms with E-state index in [2.05, 4.69) is 46.4 Å². The summed E-state index contributed by atoms with van der Waals surface area (Å²) >= 11 is 0. The van der Waals surface area contributed by atoms with Gasteiger partial charge in [-0.25, -0.2) is 0 Å². The molecule has 1 saturated carbocycles. The van der Waals surface area contributed by atoms with Crippen LogP contribution in [0, 0.1) is 5.92 Å². The fourth-order valence-corrected chi connectivity index (χ4v) is 3.65. The van der Waals surface area contributed by atoms with Gasteiger partial charge in [0.25, 0.3) is 0 Å². The molecular weight excluding hydrogens is 258 g/mol. The van der Waals surface area contributed by atoms with Crippen LogP contribution in [0.4, 0.5) is 5.69 Å². The van der Waals surface area contributed by atoms with Crippen LogP contribution in [0.2, 0.25) is 0 Å². The van der Waals surface area contributed by atoms with Crippen LogP contribution >= 0.6 is 0 Å². The molecule has 1 aromatic heterocycles. The summed E-state index contributed by atoms with van der Waals surface area (Å²) in [6.45, 7) is 4.55. The van der Waals surface area contributed by atoms with Gasteiger partial charge >= 0.3 is 0 Å². The number of benzene rings is 1. The van der Waals surface area contributed by atoms with E-state index in [0.717, 1.165) is 19.0 Å². The maximum atomic E-state index is 4.26. The Labute approximate surface area is 126 Å². The van der Waals surface area contributed by atoms with Crippen molar-refractivity contribution in [3.63, 3.8) is 0 Å². The average Bonchev–Trinajstić information content (AvgIpc) is 3.39. The van der Waals surface area contributed by atoms with Gasteiger partial charge in [0, 0.05) is 54.0 Å². The van der Waals surface area contributed by atoms with Crippen LogP contribution < -0.4 is 10.2 Å². The summed E-state index contributed by atoms with van der Waals surface area (Å²) in [5.74, 6) is 0.905. The number of rotatable bonds is 3. The summed E-state index contributed by atoms with van der Waals surface area (Å²) in [4.78, 5) is 6.90. The van der Waals surface area contributed by atoms with Crippen LogP contribution in [0.1, 0.15) is 26.2 Å². The molecule has 3 heteroatoms. The molecule has 1 N–H and O–H groups in total. The van der Waals surface area contributed by atoms with Crippen LogP contribution in [0.25, 0.3) is 10.8 Å². The Bertz CT molecular complexity index is 630. The van der Waals surface area contributed by atoms with Gasteiger partial charge in [0.1, 0.15) is 0 Å². The summed E-state index contributed by atoms with van der Waals surface area (Å²) in [6.07, 6.45) is 7.88. The monoisotopic (exact) mass is 281 g/mol. The average molecular weight is 281 g/mol. The van der Waals surface area contributed by atoms with Crippen molar-refractivity contribution in [3.05, 3.63) is 36.7 Å². The number of aromatic nitrogens is 1. The lowest BCUT2D eigenvalue weighted by Crippen LogP contribution is -2.57. The van der Waals surface area contributed by atoms with E-state index in [1.54, 1.807) is 0 Å². The number of hydrogen-bond donors (Lipinski definition) is 1. The lowest BCUT2D eigenvalue weighted by atomic mass is 10.0. The Morgan fingerprint density at radius 1 is 1.29 bits per heavy atom. The first-order valence-corrected chi connectivity index (χ1v) is 8.19. The highest BCUT2D eigenvalue weighted by Crippen LogP contribution is 2.37. The Hall–Kier alpha value is -1.61. The molecule has 4 rings (SSSR count). The van der Waals surface area contributed by atoms with Crippen molar-refractivity contribution < 1.29 is 0 Å². The Morgan fingerprint density at radius 2 is 2.19 bits per heavy atom. The van der Waals surface area contributed by atoms with Gasteiger partial charge in [-0.2, -0.15) is 0 Å². The highest BCUT2D eigenvalue weighted by molar-refractivity contribution is 5.93. The first kappa shape index (κ1) is 13.1. The van der Waals surface area contributed by atoms with E-state index in [-0.39, 0.29) is 0 Å². The van der Waals surface area contributed by atoms with Gasteiger partial charge in [-0.1, -0.05) is 19.1 Å². The van der Waals surface area contributed by atoms with E-state index in [9.17, 15) is 0 Å². The standard InChI is InChI=1S/C18H23N3/c1-2-15-11-20-17(13-6-7-13)12-21(15)18-5-3-4-14-10-19-9-8-16(14)18/h3-5,8-10,13,15,17,20H,2,6-7,11-12H2,1H3. The van der Waals surface area contributed by atoms with Gasteiger partial charge in [0.05, 0.1) is 0 Å². The zero-order chi connectivity index (χ0) is 14.2. The van der Waals surface area contributed by atoms with Crippen molar-refractivity contribution >= 4 is 16.5 Å². The van der Waals surface area contributed by atoms with Crippen LogP contribution in [0.15, 0.2) is 36.7 Å². The molecular formula is C18H23N3. The van der Waals surface area contributed by atoms with Gasteiger partial charge < -0.3 is 10.2 Å². The SMILES string of the molecule is CCC1CNC(C2CC2)CN1c1cccc2cnccc12. The summed E-state index contributed by atoms with van der Waals surface area (Å²) in [7, 11) is 0. The highest BCUT2D eigenvalue weighted by atomic mass is 15.2. The number of nitrogens with one attached hydrogen (secondary N) is 1. The van der Waals surface area contributed by atoms with Crippen LogP contribution in [-0.2, 0) is 0 Å². The maximum Gasteiger partial charge on any atom is 0.0450 e. The lowest BCUT2D eigenvalue weighted by molar-refractivity contribution is 0.360. The third-order valence-corrected chi connectivity index (χ3v) is 5.08. The van der Waals surface area contributed by atoms with Crippen LogP contribution in [0.3, 0.4) is 0 Å². The molecule has 110 valence electrons. The van der Waals surface area contributed by atoms with Gasteiger partial charge in [-0.3, -0.25) is 4.98 Å². The van der Waals surface area contributed by atoms with Crippen molar-refractivity contribution in [1.82, 2.24) is 10.3 Å². The Balaban J connectivity index is 1.73. The molecule has 0 spiro atoms. The third kappa shape index (κ3) is 2.40. The number of pyridine rings is 1. The van der Waals surface area contributed by atoms with Gasteiger partial charge in [-0.15, -0.1) is 0 Å². The minimum absolute atomic E-state index is 0.596. The summed E-state index contributed by atoms with van der Waals surface area (Å²) < 4.78 is 0. The molecule has 0 bridgehead atoms. The van der Waals surface area contributed by atoms with E-state index in [1.165, 1.54) is 35.7 Å². The molecule has 2 atom stereocenters. The second-order valence-corrected chi connectivity index (χ2v) is 6.44. The van der Waals surface area contributed by atoms with Crippen LogP contribution in [0.5, 0.6) is 0 Å². The van der Waals surface area contributed by atoms with E-state index in [1.807, 2.05) is 12.4 Å². The second kappa shape index (κ2) is 5.30. The molecule has 2 unspecified atom stereocenters. The van der Waals surface area contributed by atoms with Gasteiger partial charge in [0.15, 0.2) is 0 Å². The molecule has 2 aromatic rings. The van der Waals surface area contributed by atoms with E-state index in [4.69, 9.17) is 0 Å². The second-order valence-electron chi connectivity index (χ2n) is 6.44.